The van der Waals surface area contributed by atoms with Crippen LogP contribution >= 0.6 is 34.9 Å². The van der Waals surface area contributed by atoms with Crippen LogP contribution in [0.15, 0.2) is 72.9 Å². The van der Waals surface area contributed by atoms with Gasteiger partial charge < -0.3 is 73.6 Å². The van der Waals surface area contributed by atoms with E-state index < -0.39 is 15.0 Å². The van der Waals surface area contributed by atoms with Crippen molar-refractivity contribution in [3.63, 3.8) is 0 Å². The van der Waals surface area contributed by atoms with E-state index in [2.05, 4.69) is 4.99 Å². The van der Waals surface area contributed by atoms with Crippen molar-refractivity contribution in [3.05, 3.63) is 63.3 Å². The van der Waals surface area contributed by atoms with Crippen molar-refractivity contribution >= 4 is 92.9 Å². The van der Waals surface area contributed by atoms with Crippen LogP contribution in [0.4, 0.5) is 5.69 Å². The molecular formula is C20H16CoNNaO7S6. The second-order valence-electron chi connectivity index (χ2n) is 6.12. The number of rotatable bonds is 3. The maximum atomic E-state index is 11.7. The number of phenols is 2. The zero-order valence-corrected chi connectivity index (χ0v) is 26.1. The number of phenolic OH excluding ortho intramolecular Hbond substituents is 2. The van der Waals surface area contributed by atoms with Gasteiger partial charge in [0.25, 0.3) is 0 Å². The Labute approximate surface area is 263 Å². The van der Waals surface area contributed by atoms with Crippen LogP contribution in [-0.4, -0.2) is 40.4 Å². The van der Waals surface area contributed by atoms with Crippen LogP contribution in [0.2, 0.25) is 0 Å². The summed E-state index contributed by atoms with van der Waals surface area (Å²) in [6, 6.07) is 13.6. The summed E-state index contributed by atoms with van der Waals surface area (Å²) in [5.41, 5.74) is 0.256. The fourth-order valence-electron chi connectivity index (χ4n) is 2.63. The van der Waals surface area contributed by atoms with Gasteiger partial charge in [-0.05, 0) is 26.7 Å². The summed E-state index contributed by atoms with van der Waals surface area (Å²) >= 11 is 17.3. The van der Waals surface area contributed by atoms with E-state index in [-0.39, 0.29) is 85.4 Å². The quantitative estimate of drug-likeness (QED) is 0.106. The molecule has 4 rings (SSSR count). The molecule has 0 saturated carbocycles. The second-order valence-corrected chi connectivity index (χ2v) is 12.0. The number of hydrogen-bond acceptors (Lipinski definition) is 11. The summed E-state index contributed by atoms with van der Waals surface area (Å²) in [7, 11) is -4.75. The molecule has 1 heterocycles. The zero-order chi connectivity index (χ0) is 23.5. The fraction of sp³-hybridized carbons (Fsp3) is 0. The molecule has 189 valence electrons. The Morgan fingerprint density at radius 1 is 0.972 bits per heavy atom. The molecule has 8 nitrogen and oxygen atoms in total. The van der Waals surface area contributed by atoms with Crippen LogP contribution in [-0.2, 0) is 52.2 Å². The molecule has 0 spiro atoms. The van der Waals surface area contributed by atoms with E-state index in [0.29, 0.717) is 5.39 Å². The van der Waals surface area contributed by atoms with Crippen LogP contribution in [0.1, 0.15) is 5.56 Å². The largest absolute Gasteiger partial charge is 2.00 e. The Kier molecular flexibility index (Phi) is 16.9. The Morgan fingerprint density at radius 2 is 1.56 bits per heavy atom. The molecule has 0 aliphatic rings. The van der Waals surface area contributed by atoms with Crippen molar-refractivity contribution in [3.8, 4) is 11.5 Å². The standard InChI is InChI=1S/C17H13NO5S.C3H2S5.Co.Na.2H2O/c19-13-7-5-12(16(20)9-13)10-18-15-8-6-11-3-1-2-4-14(11)17(15)24(21,22)23;4-1-2(5)8-3(6)7-1;;;;/h1-10,19-20H,(H,21,22,23);4-5H;;;2*1H2/q;;+2;+1;;/p-3. The predicted molar refractivity (Wildman–Crippen MR) is 140 cm³/mol. The van der Waals surface area contributed by atoms with Gasteiger partial charge in [0, 0.05) is 23.2 Å². The Bertz CT molecular complexity index is 1470. The van der Waals surface area contributed by atoms with Crippen molar-refractivity contribution < 1.29 is 80.5 Å². The van der Waals surface area contributed by atoms with Gasteiger partial charge in [-0.2, -0.15) is 0 Å². The second kappa shape index (κ2) is 16.3. The van der Waals surface area contributed by atoms with Gasteiger partial charge >= 0.3 is 46.3 Å². The van der Waals surface area contributed by atoms with Crippen molar-refractivity contribution in [2.75, 3.05) is 0 Å². The van der Waals surface area contributed by atoms with Crippen LogP contribution in [0.25, 0.3) is 10.8 Å². The average molecular weight is 657 g/mol. The van der Waals surface area contributed by atoms with Gasteiger partial charge in [0.1, 0.15) is 21.6 Å². The first-order valence-electron chi connectivity index (χ1n) is 8.58. The summed E-state index contributed by atoms with van der Waals surface area (Å²) in [5, 5.41) is 19.9. The summed E-state index contributed by atoms with van der Waals surface area (Å²) in [6.07, 6.45) is 1.23. The number of fused-ring (bicyclic) bond motifs is 1. The average Bonchev–Trinajstić information content (AvgIpc) is 3.01. The van der Waals surface area contributed by atoms with Gasteiger partial charge in [-0.1, -0.05) is 30.3 Å². The third-order valence-electron chi connectivity index (χ3n) is 3.98. The van der Waals surface area contributed by atoms with Crippen molar-refractivity contribution in [1.29, 1.82) is 0 Å². The molecule has 0 atom stereocenters. The minimum absolute atomic E-state index is 0. The van der Waals surface area contributed by atoms with Crippen molar-refractivity contribution in [2.24, 2.45) is 4.99 Å². The zero-order valence-electron chi connectivity index (χ0n) is 18.1. The minimum atomic E-state index is -4.75. The number of benzene rings is 3. The Hall–Kier alpha value is -0.764. The first-order chi connectivity index (χ1) is 15.1. The molecule has 0 fully saturated rings. The number of hydrogen-bond donors (Lipinski definition) is 2. The third-order valence-corrected chi connectivity index (χ3v) is 8.45. The number of nitrogens with zero attached hydrogens (tertiary/aromatic N) is 1. The van der Waals surface area contributed by atoms with E-state index in [1.807, 2.05) is 0 Å². The van der Waals surface area contributed by atoms with Gasteiger partial charge in [0.15, 0.2) is 0 Å². The molecule has 0 aliphatic carbocycles. The van der Waals surface area contributed by atoms with E-state index >= 15 is 0 Å². The predicted octanol–water partition coefficient (Wildman–Crippen LogP) is 0.608. The molecule has 0 unspecified atom stereocenters. The first-order valence-corrected chi connectivity index (χ1v) is 12.8. The molecule has 3 aromatic carbocycles. The van der Waals surface area contributed by atoms with Gasteiger partial charge in [0.05, 0.1) is 10.6 Å². The van der Waals surface area contributed by atoms with Crippen LogP contribution in [0, 0.1) is 3.14 Å². The fourth-order valence-corrected chi connectivity index (χ4v) is 6.73. The summed E-state index contributed by atoms with van der Waals surface area (Å²) in [6.45, 7) is 0. The van der Waals surface area contributed by atoms with Crippen LogP contribution in [0.3, 0.4) is 0 Å². The van der Waals surface area contributed by atoms with Gasteiger partial charge in [-0.3, -0.25) is 4.99 Å². The Balaban J connectivity index is 0. The smallest absolute Gasteiger partial charge is 0.744 e. The molecule has 16 heteroatoms. The Morgan fingerprint density at radius 3 is 2.06 bits per heavy atom. The van der Waals surface area contributed by atoms with Crippen molar-refractivity contribution in [2.45, 2.75) is 13.3 Å². The molecule has 1 radical (unpaired) electrons. The van der Waals surface area contributed by atoms with E-state index in [0.717, 1.165) is 17.6 Å². The summed E-state index contributed by atoms with van der Waals surface area (Å²) < 4.78 is 37.4. The minimum Gasteiger partial charge on any atom is -0.744 e. The normalized spacial score (nSPS) is 10.1. The van der Waals surface area contributed by atoms with Gasteiger partial charge in [0.2, 0.25) is 0 Å². The molecule has 0 amide bonds. The third kappa shape index (κ3) is 9.84. The molecule has 0 aliphatic heterocycles. The maximum Gasteiger partial charge on any atom is 2.00 e. The molecule has 6 N–H and O–H groups in total. The van der Waals surface area contributed by atoms with Crippen LogP contribution < -0.4 is 29.6 Å². The van der Waals surface area contributed by atoms with Crippen LogP contribution in [0.5, 0.6) is 11.5 Å². The topological polar surface area (TPSA) is 173 Å². The summed E-state index contributed by atoms with van der Waals surface area (Å²) in [5.74, 6) is -0.329. The van der Waals surface area contributed by atoms with E-state index in [1.54, 1.807) is 24.3 Å². The van der Waals surface area contributed by atoms with Gasteiger partial charge in [-0.15, -0.1) is 20.6 Å². The first kappa shape index (κ1) is 37.4. The molecule has 0 bridgehead atoms. The van der Waals surface area contributed by atoms with E-state index in [4.69, 9.17) is 37.5 Å². The SMILES string of the molecule is O.O.O=S(=O)([O-])c1c(N=Cc2ccc(O)cc2O)ccc2ccccc12.S=c1sc([S-])c([S-])s1.[Co+2].[Na+]. The van der Waals surface area contributed by atoms with Gasteiger partial charge in [-0.25, -0.2) is 8.42 Å². The molecular weight excluding hydrogens is 641 g/mol. The van der Waals surface area contributed by atoms with E-state index in [1.165, 1.54) is 53.2 Å². The van der Waals surface area contributed by atoms with E-state index in [9.17, 15) is 23.2 Å². The molecule has 36 heavy (non-hydrogen) atoms. The molecule has 1 aromatic heterocycles. The van der Waals surface area contributed by atoms with Crippen molar-refractivity contribution in [1.82, 2.24) is 0 Å². The summed E-state index contributed by atoms with van der Waals surface area (Å²) in [4.78, 5) is 3.63. The molecule has 0 saturated heterocycles. The monoisotopic (exact) mass is 656 g/mol. The molecule has 4 aromatic rings. The number of aliphatic imine (C=N–C) groups is 1. The number of aromatic hydroxyl groups is 2. The maximum absolute atomic E-state index is 11.7.